The van der Waals surface area contributed by atoms with E-state index < -0.39 is 5.82 Å². The minimum absolute atomic E-state index is 0.134. The Morgan fingerprint density at radius 1 is 1.18 bits per heavy atom. The molecule has 0 radical (unpaired) electrons. The largest absolute Gasteiger partial charge is 0.396 e. The van der Waals surface area contributed by atoms with E-state index in [1.54, 1.807) is 4.90 Å². The monoisotopic (exact) mass is 328 g/mol. The number of rotatable bonds is 6. The van der Waals surface area contributed by atoms with E-state index in [9.17, 15) is 9.18 Å². The van der Waals surface area contributed by atoms with Crippen molar-refractivity contribution in [2.45, 2.75) is 19.3 Å². The Balaban J connectivity index is 1.82. The van der Waals surface area contributed by atoms with Crippen molar-refractivity contribution in [3.63, 3.8) is 0 Å². The third-order valence-corrected chi connectivity index (χ3v) is 4.27. The van der Waals surface area contributed by atoms with Gasteiger partial charge in [-0.1, -0.05) is 11.6 Å². The van der Waals surface area contributed by atoms with Crippen LogP contribution in [0.2, 0.25) is 5.02 Å². The van der Waals surface area contributed by atoms with Crippen molar-refractivity contribution < 1.29 is 14.3 Å². The lowest BCUT2D eigenvalue weighted by Gasteiger charge is -2.35. The van der Waals surface area contributed by atoms with Gasteiger partial charge in [-0.15, -0.1) is 0 Å². The summed E-state index contributed by atoms with van der Waals surface area (Å²) in [5.41, 5.74) is 0.361. The highest BCUT2D eigenvalue weighted by Crippen LogP contribution is 2.20. The summed E-state index contributed by atoms with van der Waals surface area (Å²) in [6.45, 7) is 4.24. The van der Waals surface area contributed by atoms with E-state index in [2.05, 4.69) is 4.90 Å². The molecule has 1 aliphatic rings. The Morgan fingerprint density at radius 3 is 2.55 bits per heavy atom. The van der Waals surface area contributed by atoms with E-state index in [0.29, 0.717) is 18.7 Å². The van der Waals surface area contributed by atoms with Crippen LogP contribution in [0, 0.1) is 5.82 Å². The number of halogens is 2. The second kappa shape index (κ2) is 8.46. The lowest BCUT2D eigenvalue weighted by atomic mass is 10.1. The number of carbonyl (C=O) groups excluding carboxylic acids is 1. The van der Waals surface area contributed by atoms with Crippen molar-refractivity contribution in [2.75, 3.05) is 39.3 Å². The molecule has 6 heteroatoms. The molecule has 0 bridgehead atoms. The maximum atomic E-state index is 13.0. The molecule has 0 saturated carbocycles. The summed E-state index contributed by atoms with van der Waals surface area (Å²) in [6, 6.07) is 3.88. The molecule has 2 rings (SSSR count). The van der Waals surface area contributed by atoms with E-state index in [0.717, 1.165) is 38.9 Å². The molecule has 1 N–H and O–H groups in total. The molecule has 0 aliphatic carbocycles. The van der Waals surface area contributed by atoms with Crippen LogP contribution < -0.4 is 0 Å². The van der Waals surface area contributed by atoms with Crippen LogP contribution >= 0.6 is 11.6 Å². The molecular weight excluding hydrogens is 307 g/mol. The number of amides is 1. The summed E-state index contributed by atoms with van der Waals surface area (Å²) >= 11 is 5.95. The number of hydrogen-bond acceptors (Lipinski definition) is 3. The molecular formula is C16H22ClFN2O2. The van der Waals surface area contributed by atoms with Gasteiger partial charge in [0.1, 0.15) is 5.82 Å². The number of hydrogen-bond donors (Lipinski definition) is 1. The Bertz CT molecular complexity index is 505. The normalized spacial score (nSPS) is 16.0. The van der Waals surface area contributed by atoms with Gasteiger partial charge < -0.3 is 10.0 Å². The molecule has 1 amide bonds. The van der Waals surface area contributed by atoms with Gasteiger partial charge in [-0.05, 0) is 44.0 Å². The Kier molecular flexibility index (Phi) is 6.61. The predicted molar refractivity (Wildman–Crippen MR) is 84.7 cm³/mol. The van der Waals surface area contributed by atoms with Crippen LogP contribution in [0.25, 0.3) is 0 Å². The number of aliphatic hydroxyl groups is 1. The third-order valence-electron chi connectivity index (χ3n) is 3.95. The highest BCUT2D eigenvalue weighted by atomic mass is 35.5. The van der Waals surface area contributed by atoms with Gasteiger partial charge in [-0.2, -0.15) is 0 Å². The molecule has 22 heavy (non-hydrogen) atoms. The van der Waals surface area contributed by atoms with Gasteiger partial charge in [0.15, 0.2) is 0 Å². The summed E-state index contributed by atoms with van der Waals surface area (Å²) in [7, 11) is 0. The summed E-state index contributed by atoms with van der Waals surface area (Å²) in [4.78, 5) is 16.5. The second-order valence-corrected chi connectivity index (χ2v) is 5.95. The number of nitrogens with zero attached hydrogens (tertiary/aromatic N) is 2. The minimum atomic E-state index is -0.436. The van der Waals surface area contributed by atoms with Crippen molar-refractivity contribution >= 4 is 17.5 Å². The van der Waals surface area contributed by atoms with E-state index in [4.69, 9.17) is 16.7 Å². The smallest absolute Gasteiger partial charge is 0.255 e. The van der Waals surface area contributed by atoms with Crippen LogP contribution in [0.5, 0.6) is 0 Å². The third kappa shape index (κ3) is 4.66. The van der Waals surface area contributed by atoms with Crippen LogP contribution in [-0.2, 0) is 0 Å². The van der Waals surface area contributed by atoms with Gasteiger partial charge in [-0.3, -0.25) is 9.69 Å². The van der Waals surface area contributed by atoms with Gasteiger partial charge >= 0.3 is 0 Å². The van der Waals surface area contributed by atoms with Crippen LogP contribution in [0.1, 0.15) is 29.6 Å². The minimum Gasteiger partial charge on any atom is -0.396 e. The number of piperazine rings is 1. The summed E-state index contributed by atoms with van der Waals surface area (Å²) < 4.78 is 13.0. The predicted octanol–water partition coefficient (Wildman–Crippen LogP) is 2.40. The molecule has 122 valence electrons. The maximum absolute atomic E-state index is 13.0. The average molecular weight is 329 g/mol. The molecule has 0 spiro atoms. The zero-order chi connectivity index (χ0) is 15.9. The fraction of sp³-hybridized carbons (Fsp3) is 0.562. The lowest BCUT2D eigenvalue weighted by molar-refractivity contribution is 0.0634. The summed E-state index contributed by atoms with van der Waals surface area (Å²) in [5, 5.41) is 8.92. The SMILES string of the molecule is O=C(c1ccc(F)cc1Cl)N1CCN(CCCCCO)CC1. The van der Waals surface area contributed by atoms with Crippen molar-refractivity contribution in [3.8, 4) is 0 Å². The topological polar surface area (TPSA) is 43.8 Å². The molecule has 1 saturated heterocycles. The Hall–Kier alpha value is -1.17. The van der Waals surface area contributed by atoms with E-state index in [1.807, 2.05) is 0 Å². The van der Waals surface area contributed by atoms with Crippen molar-refractivity contribution in [3.05, 3.63) is 34.6 Å². The second-order valence-electron chi connectivity index (χ2n) is 5.54. The number of unbranched alkanes of at least 4 members (excludes halogenated alkanes) is 2. The highest BCUT2D eigenvalue weighted by molar-refractivity contribution is 6.33. The van der Waals surface area contributed by atoms with E-state index >= 15 is 0 Å². The quantitative estimate of drug-likeness (QED) is 0.816. The van der Waals surface area contributed by atoms with E-state index in [1.165, 1.54) is 18.2 Å². The maximum Gasteiger partial charge on any atom is 0.255 e. The first kappa shape index (κ1) is 17.2. The van der Waals surface area contributed by atoms with E-state index in [-0.39, 0.29) is 17.5 Å². The molecule has 1 aliphatic heterocycles. The lowest BCUT2D eigenvalue weighted by Crippen LogP contribution is -2.48. The molecule has 1 aromatic rings. The van der Waals surface area contributed by atoms with Gasteiger partial charge in [0, 0.05) is 32.8 Å². The van der Waals surface area contributed by atoms with Gasteiger partial charge in [0.2, 0.25) is 0 Å². The van der Waals surface area contributed by atoms with Crippen molar-refractivity contribution in [1.29, 1.82) is 0 Å². The van der Waals surface area contributed by atoms with Gasteiger partial charge in [0.05, 0.1) is 10.6 Å². The van der Waals surface area contributed by atoms with Crippen LogP contribution in [-0.4, -0.2) is 60.1 Å². The fourth-order valence-electron chi connectivity index (χ4n) is 2.63. The zero-order valence-corrected chi connectivity index (χ0v) is 13.4. The first-order valence-electron chi connectivity index (χ1n) is 7.69. The number of carbonyl (C=O) groups is 1. The number of benzene rings is 1. The van der Waals surface area contributed by atoms with Crippen LogP contribution in [0.15, 0.2) is 18.2 Å². The highest BCUT2D eigenvalue weighted by Gasteiger charge is 2.23. The van der Waals surface area contributed by atoms with Crippen molar-refractivity contribution in [1.82, 2.24) is 9.80 Å². The Labute approximate surface area is 135 Å². The standard InChI is InChI=1S/C16H22ClFN2O2/c17-15-12-13(18)4-5-14(15)16(22)20-9-7-19(8-10-20)6-2-1-3-11-21/h4-5,12,21H,1-3,6-11H2. The molecule has 0 aromatic heterocycles. The molecule has 0 unspecified atom stereocenters. The number of aliphatic hydroxyl groups excluding tert-OH is 1. The Morgan fingerprint density at radius 2 is 1.91 bits per heavy atom. The molecule has 0 atom stereocenters. The average Bonchev–Trinajstić information content (AvgIpc) is 2.52. The first-order valence-corrected chi connectivity index (χ1v) is 8.07. The van der Waals surface area contributed by atoms with Crippen LogP contribution in [0.3, 0.4) is 0 Å². The fourth-order valence-corrected chi connectivity index (χ4v) is 2.88. The van der Waals surface area contributed by atoms with Gasteiger partial charge in [0.25, 0.3) is 5.91 Å². The molecule has 1 heterocycles. The summed E-state index contributed by atoms with van der Waals surface area (Å²) in [6.07, 6.45) is 2.95. The molecule has 1 aromatic carbocycles. The van der Waals surface area contributed by atoms with Gasteiger partial charge in [-0.25, -0.2) is 4.39 Å². The van der Waals surface area contributed by atoms with Crippen molar-refractivity contribution in [2.24, 2.45) is 0 Å². The zero-order valence-electron chi connectivity index (χ0n) is 12.6. The molecule has 1 fully saturated rings. The summed E-state index contributed by atoms with van der Waals surface area (Å²) in [5.74, 6) is -0.570. The van der Waals surface area contributed by atoms with Crippen LogP contribution in [0.4, 0.5) is 4.39 Å². The molecule has 4 nitrogen and oxygen atoms in total. The first-order chi connectivity index (χ1) is 10.6.